The summed E-state index contributed by atoms with van der Waals surface area (Å²) < 4.78 is 102. The van der Waals surface area contributed by atoms with Gasteiger partial charge in [0, 0.05) is 107 Å². The van der Waals surface area contributed by atoms with E-state index >= 15 is 9.59 Å². The maximum Gasteiger partial charge on any atom is 0.514 e. The number of piperazine rings is 2. The van der Waals surface area contributed by atoms with E-state index in [1.54, 1.807) is 80.0 Å². The number of esters is 4. The molecule has 0 radical (unpaired) electrons. The molecular formula is C93H110N8O24S2. The van der Waals surface area contributed by atoms with E-state index in [1.807, 2.05) is 47.9 Å². The normalized spacial score (nSPS) is 26.6. The van der Waals surface area contributed by atoms with Gasteiger partial charge in [-0.2, -0.15) is 10.5 Å². The number of phenolic OH excluding ortho intramolecular Hbond substituents is 1. The van der Waals surface area contributed by atoms with Crippen LogP contribution >= 0.6 is 23.5 Å². The van der Waals surface area contributed by atoms with E-state index in [9.17, 15) is 34.8 Å². The van der Waals surface area contributed by atoms with Crippen molar-refractivity contribution in [3.8, 4) is 92.6 Å². The van der Waals surface area contributed by atoms with Crippen molar-refractivity contribution in [2.45, 2.75) is 217 Å². The van der Waals surface area contributed by atoms with Gasteiger partial charge in [0.05, 0.1) is 82.4 Å². The third kappa shape index (κ3) is 14.7. The topological polar surface area (TPSA) is 364 Å². The van der Waals surface area contributed by atoms with Crippen molar-refractivity contribution in [2.24, 2.45) is 0 Å². The number of likely N-dealkylation sites (N-methyl/N-ethyl adjacent to an activating group) is 2. The minimum absolute atomic E-state index is 0. The van der Waals surface area contributed by atoms with E-state index in [4.69, 9.17) is 80.5 Å². The number of nitrogens with zero attached hydrogens (tertiary/aromatic N) is 6. The molecule has 6 aromatic carbocycles. The largest absolute Gasteiger partial charge is 0.514 e. The van der Waals surface area contributed by atoms with Crippen LogP contribution in [-0.2, 0) is 74.9 Å². The predicted octanol–water partition coefficient (Wildman–Crippen LogP) is 12.8. The maximum absolute atomic E-state index is 15.1. The van der Waals surface area contributed by atoms with Crippen LogP contribution in [0.3, 0.4) is 0 Å². The van der Waals surface area contributed by atoms with Crippen LogP contribution in [0.2, 0.25) is 0 Å². The number of phenols is 1. The molecular weight excluding hydrogens is 1680 g/mol. The number of hydrogen-bond donors (Lipinski definition) is 3. The van der Waals surface area contributed by atoms with Crippen LogP contribution in [0, 0.1) is 50.4 Å². The van der Waals surface area contributed by atoms with Gasteiger partial charge in [-0.15, -0.1) is 23.5 Å². The highest BCUT2D eigenvalue weighted by Crippen LogP contribution is 2.68. The van der Waals surface area contributed by atoms with Gasteiger partial charge in [-0.3, -0.25) is 39.8 Å². The number of aromatic hydroxyl groups is 1. The molecule has 14 heterocycles. The number of methoxy groups -OCH3 is 5. The standard InChI is InChI=1S/C46H52N4O12S.C45H50N4O12S.2CH4/c1-21-13-25-14-27-28(17-47)50-29-18-57-43(52)46(26-16-30(54-8)31(15-24(26)11-12-48-46)61-44(53)62-45(4,5)6)19-63-42(36(50)35(49(27)7)32(25)40(56-10)37(21)55-9)34-33(29)41-39(58-20-59-41)22(2)38(34)60-23(3)51;1-20-12-24-13-26-27(16-46)49-28-17-56-42(52)45(25-15-29(54-8)30(14-23(25)10-11-47-45)60-43(53)61-44(4,5)6)18-62-41(35(49)34(48(26)7)31(24)36(51)37(20)55-9)33-32(28)40-39(57-19-58-40)21(2)38(33)59-22(3)50;;/h13,15-16,27-29,35-36,42,48H,11-12,14,18-20H2,1-10H3;12,14-15,26-28,34-35,41,47,51H,10-11,13,17-19H2,1-9H3;2*1H4/t27-,28-,29-,35+,36?,42+,46+;26-,27-,28-,34+,35?,41+,45+;;/m00../s1. The number of nitriles is 2. The smallest absolute Gasteiger partial charge is 0.504 e. The average molecular weight is 1790 g/mol. The van der Waals surface area contributed by atoms with Crippen molar-refractivity contribution in [1.82, 2.24) is 30.2 Å². The second-order valence-electron chi connectivity index (χ2n) is 35.5. The number of rotatable bonds is 9. The molecule has 32 nitrogen and oxygen atoms in total. The molecule has 0 amide bonds. The first kappa shape index (κ1) is 90.9. The van der Waals surface area contributed by atoms with Crippen molar-refractivity contribution in [1.29, 1.82) is 10.5 Å². The fourth-order valence-corrected chi connectivity index (χ4v) is 24.8. The summed E-state index contributed by atoms with van der Waals surface area (Å²) in [6.07, 6.45) is 0.229. The lowest BCUT2D eigenvalue weighted by Crippen LogP contribution is -2.69. The minimum Gasteiger partial charge on any atom is -0.504 e. The highest BCUT2D eigenvalue weighted by atomic mass is 32.2. The monoisotopic (exact) mass is 1790 g/mol. The summed E-state index contributed by atoms with van der Waals surface area (Å²) in [5.74, 6) is 2.85. The molecule has 20 rings (SSSR count). The maximum atomic E-state index is 15.1. The Kier molecular flexibility index (Phi) is 24.3. The van der Waals surface area contributed by atoms with E-state index in [1.165, 1.54) is 58.7 Å². The number of ether oxygens (including phenoxy) is 17. The summed E-state index contributed by atoms with van der Waals surface area (Å²) in [6, 6.07) is 10.8. The molecule has 34 heteroatoms. The third-order valence-electron chi connectivity index (χ3n) is 26.2. The molecule has 678 valence electrons. The molecule has 3 N–H and O–H groups in total. The Morgan fingerprint density at radius 2 is 0.890 bits per heavy atom. The Hall–Kier alpha value is -10.8. The average Bonchev–Trinajstić information content (AvgIpc) is 1.43. The van der Waals surface area contributed by atoms with Gasteiger partial charge in [-0.25, -0.2) is 19.2 Å². The Morgan fingerprint density at radius 3 is 1.28 bits per heavy atom. The van der Waals surface area contributed by atoms with Gasteiger partial charge in [0.2, 0.25) is 13.6 Å². The molecule has 0 saturated carbocycles. The lowest BCUT2D eigenvalue weighted by molar-refractivity contribution is -0.158. The van der Waals surface area contributed by atoms with Crippen LogP contribution in [0.1, 0.15) is 194 Å². The van der Waals surface area contributed by atoms with Crippen LogP contribution in [0.4, 0.5) is 9.59 Å². The fraction of sp³-hybridized carbons (Fsp3) is 0.527. The van der Waals surface area contributed by atoms with Gasteiger partial charge >= 0.3 is 36.2 Å². The molecule has 8 bridgehead atoms. The summed E-state index contributed by atoms with van der Waals surface area (Å²) >= 11 is 2.96. The lowest BCUT2D eigenvalue weighted by atomic mass is 9.71. The molecule has 14 aliphatic rings. The lowest BCUT2D eigenvalue weighted by Gasteiger charge is -2.62. The SMILES string of the molecule is C.C.COc1cc2c(cc1OC(=O)OC(C)(C)C)CCN[C@]21CS[C@@H]2c3c(OC(C)=O)c(C)c4c(c3[C@H](COC1=O)N1C2[C@H]2c3c(cc(C)c(OC)c3O)C[C@@H]([C@@H]1C#N)N2C)OCO4.COc1cc2c(cc1OC(=O)OC(C)(C)C)CCN[C@]21CS[C@@H]2c3c(OC(C)=O)c(C)c4c(c3[C@H](COC1=O)N1C2[C@H]2c3c(cc(C)c(OC)c3OC)C[C@@H]([C@@H]1C#N)N2C)OCO4. The van der Waals surface area contributed by atoms with Crippen molar-refractivity contribution in [3.05, 3.63) is 125 Å². The fourth-order valence-electron chi connectivity index (χ4n) is 21.4. The molecule has 127 heavy (non-hydrogen) atoms. The molecule has 2 unspecified atom stereocenters. The molecule has 6 aromatic rings. The van der Waals surface area contributed by atoms with E-state index < -0.39 is 111 Å². The number of carbonyl (C=O) groups excluding carboxylic acids is 6. The summed E-state index contributed by atoms with van der Waals surface area (Å²) in [5.41, 5.74) is 7.32. The molecule has 14 atom stereocenters. The van der Waals surface area contributed by atoms with E-state index in [0.717, 1.165) is 38.9 Å². The zero-order chi connectivity index (χ0) is 89.0. The van der Waals surface area contributed by atoms with Gasteiger partial charge < -0.3 is 85.6 Å². The summed E-state index contributed by atoms with van der Waals surface area (Å²) in [5, 5.41) is 40.5. The molecule has 14 aliphatic heterocycles. The highest BCUT2D eigenvalue weighted by molar-refractivity contribution is 7.99. The van der Waals surface area contributed by atoms with Crippen LogP contribution in [0.15, 0.2) is 36.4 Å². The van der Waals surface area contributed by atoms with E-state index in [0.29, 0.717) is 141 Å². The first-order valence-electron chi connectivity index (χ1n) is 41.6. The minimum atomic E-state index is -1.45. The third-order valence-corrected chi connectivity index (χ3v) is 29.1. The van der Waals surface area contributed by atoms with E-state index in [-0.39, 0.29) is 100 Å². The Balaban J connectivity index is 0.000000193. The van der Waals surface area contributed by atoms with Gasteiger partial charge in [-0.05, 0) is 178 Å². The number of aryl methyl sites for hydroxylation is 2. The second-order valence-corrected chi connectivity index (χ2v) is 37.7. The predicted molar refractivity (Wildman–Crippen MR) is 465 cm³/mol. The van der Waals surface area contributed by atoms with Crippen molar-refractivity contribution < 1.29 is 114 Å². The highest BCUT2D eigenvalue weighted by Gasteiger charge is 2.65. The Bertz CT molecular complexity index is 5620. The van der Waals surface area contributed by atoms with Crippen LogP contribution in [-0.4, -0.2) is 209 Å². The Morgan fingerprint density at radius 1 is 0.496 bits per heavy atom. The number of fused-ring (bicyclic) bond motifs is 18. The van der Waals surface area contributed by atoms with Gasteiger partial charge in [0.1, 0.15) is 48.0 Å². The van der Waals surface area contributed by atoms with Gasteiger partial charge in [0.25, 0.3) is 0 Å². The van der Waals surface area contributed by atoms with E-state index in [2.05, 4.69) is 48.4 Å². The number of thioether (sulfide) groups is 2. The number of carbonyl (C=O) groups is 6. The quantitative estimate of drug-likeness (QED) is 0.0524. The summed E-state index contributed by atoms with van der Waals surface area (Å²) in [7, 11) is 11.7. The molecule has 2 spiro atoms. The number of hydrogen-bond acceptors (Lipinski definition) is 34. The number of benzene rings is 6. The summed E-state index contributed by atoms with van der Waals surface area (Å²) in [6.45, 7) is 20.9. The van der Waals surface area contributed by atoms with Gasteiger partial charge in [0.15, 0.2) is 80.1 Å². The van der Waals surface area contributed by atoms with Gasteiger partial charge in [-0.1, -0.05) is 27.0 Å². The van der Waals surface area contributed by atoms with Crippen LogP contribution in [0.5, 0.6) is 80.5 Å². The molecule has 0 aromatic heterocycles. The van der Waals surface area contributed by atoms with Crippen molar-refractivity contribution in [3.63, 3.8) is 0 Å². The number of nitrogens with one attached hydrogen (secondary N) is 2. The van der Waals surface area contributed by atoms with Crippen molar-refractivity contribution in [2.75, 3.05) is 101 Å². The zero-order valence-corrected chi connectivity index (χ0v) is 74.8. The van der Waals surface area contributed by atoms with Crippen LogP contribution in [0.25, 0.3) is 0 Å². The second kappa shape index (κ2) is 34.0. The molecule has 4 saturated heterocycles. The molecule has 0 aliphatic carbocycles. The first-order valence-corrected chi connectivity index (χ1v) is 43.7. The first-order chi connectivity index (χ1) is 59.6. The Labute approximate surface area is 746 Å². The van der Waals surface area contributed by atoms with Crippen molar-refractivity contribution >= 4 is 59.7 Å². The van der Waals surface area contributed by atoms with Crippen LogP contribution < -0.4 is 72.2 Å². The zero-order valence-electron chi connectivity index (χ0n) is 73.2. The summed E-state index contributed by atoms with van der Waals surface area (Å²) in [4.78, 5) is 90.8. The molecule has 4 fully saturated rings.